The molecule has 1 atom stereocenters. The van der Waals surface area contributed by atoms with Crippen molar-refractivity contribution in [2.45, 2.75) is 39.5 Å². The molecule has 0 aliphatic heterocycles. The van der Waals surface area contributed by atoms with Gasteiger partial charge in [0.05, 0.1) is 5.56 Å². The SMILES string of the molecule is CC(C)CCC(C)c1ccc(C=O)c(O)c1. The quantitative estimate of drug-likeness (QED) is 0.767. The minimum Gasteiger partial charge on any atom is -0.507 e. The Balaban J connectivity index is 2.72. The third kappa shape index (κ3) is 3.37. The zero-order valence-electron chi connectivity index (χ0n) is 10.2. The molecule has 2 heteroatoms. The number of phenolic OH excluding ortho intramolecular Hbond substituents is 1. The highest BCUT2D eigenvalue weighted by molar-refractivity contribution is 5.79. The van der Waals surface area contributed by atoms with E-state index in [9.17, 15) is 9.90 Å². The Bertz CT molecular complexity index is 356. The number of hydrogen-bond acceptors (Lipinski definition) is 2. The highest BCUT2D eigenvalue weighted by Gasteiger charge is 2.09. The summed E-state index contributed by atoms with van der Waals surface area (Å²) < 4.78 is 0. The minimum absolute atomic E-state index is 0.0869. The Hall–Kier alpha value is -1.31. The third-order valence-electron chi connectivity index (χ3n) is 2.93. The van der Waals surface area contributed by atoms with Crippen LogP contribution >= 0.6 is 0 Å². The molecule has 0 aromatic heterocycles. The van der Waals surface area contributed by atoms with Gasteiger partial charge >= 0.3 is 0 Å². The van der Waals surface area contributed by atoms with Crippen LogP contribution in [0.2, 0.25) is 0 Å². The fourth-order valence-electron chi connectivity index (χ4n) is 1.72. The molecule has 0 fully saturated rings. The maximum atomic E-state index is 10.6. The van der Waals surface area contributed by atoms with Crippen molar-refractivity contribution in [1.82, 2.24) is 0 Å². The molecule has 0 saturated heterocycles. The second-order valence-electron chi connectivity index (χ2n) is 4.81. The average Bonchev–Trinajstić information content (AvgIpc) is 2.25. The van der Waals surface area contributed by atoms with E-state index in [1.807, 2.05) is 6.07 Å². The fraction of sp³-hybridized carbons (Fsp3) is 0.500. The van der Waals surface area contributed by atoms with E-state index in [4.69, 9.17) is 0 Å². The molecule has 1 N–H and O–H groups in total. The van der Waals surface area contributed by atoms with Gasteiger partial charge in [-0.15, -0.1) is 0 Å². The summed E-state index contributed by atoms with van der Waals surface area (Å²) in [6.45, 7) is 6.57. The second kappa shape index (κ2) is 5.69. The molecule has 0 spiro atoms. The van der Waals surface area contributed by atoms with Crippen molar-refractivity contribution >= 4 is 6.29 Å². The zero-order valence-corrected chi connectivity index (χ0v) is 10.2. The third-order valence-corrected chi connectivity index (χ3v) is 2.93. The number of phenols is 1. The van der Waals surface area contributed by atoms with Gasteiger partial charge in [0, 0.05) is 0 Å². The summed E-state index contributed by atoms with van der Waals surface area (Å²) >= 11 is 0. The lowest BCUT2D eigenvalue weighted by Gasteiger charge is -2.14. The Labute approximate surface area is 97.3 Å². The van der Waals surface area contributed by atoms with Crippen molar-refractivity contribution in [2.24, 2.45) is 5.92 Å². The largest absolute Gasteiger partial charge is 0.507 e. The maximum Gasteiger partial charge on any atom is 0.153 e. The predicted molar refractivity (Wildman–Crippen MR) is 66.0 cm³/mol. The van der Waals surface area contributed by atoms with E-state index in [0.717, 1.165) is 12.0 Å². The molecule has 1 aromatic carbocycles. The summed E-state index contributed by atoms with van der Waals surface area (Å²) in [4.78, 5) is 10.6. The van der Waals surface area contributed by atoms with E-state index in [1.165, 1.54) is 6.42 Å². The van der Waals surface area contributed by atoms with Gasteiger partial charge < -0.3 is 5.11 Å². The molecule has 0 aliphatic carbocycles. The molecule has 0 aliphatic rings. The normalized spacial score (nSPS) is 12.8. The number of aromatic hydroxyl groups is 1. The molecular formula is C14H20O2. The van der Waals surface area contributed by atoms with Crippen molar-refractivity contribution in [3.8, 4) is 5.75 Å². The van der Waals surface area contributed by atoms with E-state index in [-0.39, 0.29) is 5.75 Å². The fourth-order valence-corrected chi connectivity index (χ4v) is 1.72. The lowest BCUT2D eigenvalue weighted by atomic mass is 9.92. The molecule has 0 saturated carbocycles. The number of hydrogen-bond donors (Lipinski definition) is 1. The van der Waals surface area contributed by atoms with Gasteiger partial charge in [0.15, 0.2) is 6.29 Å². The number of aldehydes is 1. The summed E-state index contributed by atoms with van der Waals surface area (Å²) in [5, 5.41) is 9.59. The smallest absolute Gasteiger partial charge is 0.153 e. The van der Waals surface area contributed by atoms with E-state index in [2.05, 4.69) is 20.8 Å². The Kier molecular flexibility index (Phi) is 4.53. The van der Waals surface area contributed by atoms with Crippen LogP contribution in [0.15, 0.2) is 18.2 Å². The van der Waals surface area contributed by atoms with Gasteiger partial charge in [-0.1, -0.05) is 33.3 Å². The lowest BCUT2D eigenvalue weighted by molar-refractivity contribution is 0.112. The standard InChI is InChI=1S/C14H20O2/c1-10(2)4-5-11(3)12-6-7-13(9-15)14(16)8-12/h6-11,16H,4-5H2,1-3H3. The second-order valence-corrected chi connectivity index (χ2v) is 4.81. The van der Waals surface area contributed by atoms with Gasteiger partial charge in [-0.2, -0.15) is 0 Å². The van der Waals surface area contributed by atoms with Crippen molar-refractivity contribution in [2.75, 3.05) is 0 Å². The van der Waals surface area contributed by atoms with E-state index < -0.39 is 0 Å². The van der Waals surface area contributed by atoms with Gasteiger partial charge in [0.2, 0.25) is 0 Å². The molecule has 0 amide bonds. The highest BCUT2D eigenvalue weighted by Crippen LogP contribution is 2.27. The summed E-state index contributed by atoms with van der Waals surface area (Å²) in [5.74, 6) is 1.21. The Morgan fingerprint density at radius 3 is 2.44 bits per heavy atom. The number of rotatable bonds is 5. The predicted octanol–water partition coefficient (Wildman–Crippen LogP) is 3.74. The van der Waals surface area contributed by atoms with Crippen LogP contribution in [0.1, 0.15) is 55.5 Å². The first-order valence-electron chi connectivity index (χ1n) is 5.82. The molecule has 0 bridgehead atoms. The molecule has 16 heavy (non-hydrogen) atoms. The molecule has 88 valence electrons. The van der Waals surface area contributed by atoms with Gasteiger partial charge in [0.1, 0.15) is 5.75 Å². The molecule has 1 rings (SSSR count). The highest BCUT2D eigenvalue weighted by atomic mass is 16.3. The van der Waals surface area contributed by atoms with Crippen molar-refractivity contribution < 1.29 is 9.90 Å². The number of carbonyl (C=O) groups excluding carboxylic acids is 1. The van der Waals surface area contributed by atoms with Crippen molar-refractivity contribution in [1.29, 1.82) is 0 Å². The summed E-state index contributed by atoms with van der Waals surface area (Å²) in [6, 6.07) is 5.31. The maximum absolute atomic E-state index is 10.6. The summed E-state index contributed by atoms with van der Waals surface area (Å²) in [6.07, 6.45) is 2.97. The molecule has 2 nitrogen and oxygen atoms in total. The van der Waals surface area contributed by atoms with Gasteiger partial charge in [-0.25, -0.2) is 0 Å². The van der Waals surface area contributed by atoms with E-state index in [0.29, 0.717) is 23.7 Å². The number of benzene rings is 1. The topological polar surface area (TPSA) is 37.3 Å². The minimum atomic E-state index is 0.0869. The van der Waals surface area contributed by atoms with Crippen LogP contribution in [-0.2, 0) is 0 Å². The first kappa shape index (κ1) is 12.8. The van der Waals surface area contributed by atoms with Crippen LogP contribution in [0.3, 0.4) is 0 Å². The van der Waals surface area contributed by atoms with Crippen LogP contribution < -0.4 is 0 Å². The van der Waals surface area contributed by atoms with Crippen LogP contribution in [0.5, 0.6) is 5.75 Å². The lowest BCUT2D eigenvalue weighted by Crippen LogP contribution is -1.97. The first-order chi connectivity index (χ1) is 7.54. The van der Waals surface area contributed by atoms with Gasteiger partial charge in [0.25, 0.3) is 0 Å². The molecule has 1 unspecified atom stereocenters. The zero-order chi connectivity index (χ0) is 12.1. The molecular weight excluding hydrogens is 200 g/mol. The van der Waals surface area contributed by atoms with Crippen molar-refractivity contribution in [3.63, 3.8) is 0 Å². The first-order valence-corrected chi connectivity index (χ1v) is 5.82. The van der Waals surface area contributed by atoms with E-state index >= 15 is 0 Å². The van der Waals surface area contributed by atoms with E-state index in [1.54, 1.807) is 12.1 Å². The summed E-state index contributed by atoms with van der Waals surface area (Å²) in [5.41, 5.74) is 1.46. The van der Waals surface area contributed by atoms with Gasteiger partial charge in [-0.3, -0.25) is 4.79 Å². The van der Waals surface area contributed by atoms with Crippen LogP contribution in [0, 0.1) is 5.92 Å². The Morgan fingerprint density at radius 1 is 1.25 bits per heavy atom. The van der Waals surface area contributed by atoms with Gasteiger partial charge in [-0.05, 0) is 36.0 Å². The molecule has 0 heterocycles. The van der Waals surface area contributed by atoms with Crippen LogP contribution in [0.25, 0.3) is 0 Å². The average molecular weight is 220 g/mol. The molecule has 1 aromatic rings. The number of carbonyl (C=O) groups is 1. The monoisotopic (exact) mass is 220 g/mol. The summed E-state index contributed by atoms with van der Waals surface area (Å²) in [7, 11) is 0. The Morgan fingerprint density at radius 2 is 1.94 bits per heavy atom. The van der Waals surface area contributed by atoms with Crippen LogP contribution in [0.4, 0.5) is 0 Å². The van der Waals surface area contributed by atoms with Crippen LogP contribution in [-0.4, -0.2) is 11.4 Å². The molecule has 0 radical (unpaired) electrons. The van der Waals surface area contributed by atoms with Crippen molar-refractivity contribution in [3.05, 3.63) is 29.3 Å².